The van der Waals surface area contributed by atoms with Crippen LogP contribution in [0.3, 0.4) is 0 Å². The van der Waals surface area contributed by atoms with Gasteiger partial charge < -0.3 is 0 Å². The van der Waals surface area contributed by atoms with E-state index in [0.717, 1.165) is 30.0 Å². The number of rotatable bonds is 3. The van der Waals surface area contributed by atoms with Crippen LogP contribution in [0.4, 0.5) is 0 Å². The molecule has 2 fully saturated rings. The molecule has 0 aliphatic carbocycles. The van der Waals surface area contributed by atoms with E-state index in [1.165, 1.54) is 8.61 Å². The van der Waals surface area contributed by atoms with Crippen molar-refractivity contribution in [1.82, 2.24) is 12.9 Å². The average molecular weight is 326 g/mol. The molecule has 2 rings (SSSR count). The Balaban J connectivity index is 2.01. The molecule has 0 aromatic rings. The van der Waals surface area contributed by atoms with Gasteiger partial charge in [-0.25, -0.2) is 5.14 Å². The summed E-state index contributed by atoms with van der Waals surface area (Å²) in [4.78, 5) is 0. The highest BCUT2D eigenvalue weighted by atomic mass is 32.2. The molecule has 0 spiro atoms. The van der Waals surface area contributed by atoms with Crippen molar-refractivity contribution in [3.8, 4) is 0 Å². The quantitative estimate of drug-likeness (QED) is 0.713. The third-order valence-electron chi connectivity index (χ3n) is 3.78. The lowest BCUT2D eigenvalue weighted by Gasteiger charge is -2.35. The molecule has 2 aliphatic rings. The van der Waals surface area contributed by atoms with Crippen LogP contribution in [0.5, 0.6) is 0 Å². The summed E-state index contributed by atoms with van der Waals surface area (Å²) < 4.78 is 51.4. The van der Waals surface area contributed by atoms with Crippen LogP contribution in [0.25, 0.3) is 0 Å². The Hall–Kier alpha value is -0.260. The fourth-order valence-electron chi connectivity index (χ4n) is 2.59. The molecule has 0 aromatic heterocycles. The van der Waals surface area contributed by atoms with Crippen LogP contribution < -0.4 is 5.14 Å². The smallest absolute Gasteiger partial charge is 0.216 e. The van der Waals surface area contributed by atoms with Crippen molar-refractivity contribution < 1.29 is 16.8 Å². The van der Waals surface area contributed by atoms with Crippen molar-refractivity contribution >= 4 is 20.4 Å². The van der Waals surface area contributed by atoms with Crippen molar-refractivity contribution in [1.29, 1.82) is 0 Å². The van der Waals surface area contributed by atoms with Crippen LogP contribution >= 0.6 is 0 Å². The fourth-order valence-corrected chi connectivity index (χ4v) is 4.93. The number of nitrogens with zero attached hydrogens (tertiary/aromatic N) is 3. The Labute approximate surface area is 120 Å². The number of piperazine rings is 1. The molecule has 2 aliphatic heterocycles. The van der Waals surface area contributed by atoms with Crippen molar-refractivity contribution in [2.45, 2.75) is 25.7 Å². The standard InChI is InChI=1S/C10H22N4O4S2/c11-19(15,16)12-7-9-14(10-8-12)20(17,18)13-5-3-1-2-4-6-13/h1-10H2,(H2,11,15,16). The lowest BCUT2D eigenvalue weighted by atomic mass is 10.2. The minimum absolute atomic E-state index is 0.117. The Bertz CT molecular complexity index is 517. The summed E-state index contributed by atoms with van der Waals surface area (Å²) in [6.07, 6.45) is 3.89. The predicted molar refractivity (Wildman–Crippen MR) is 75.2 cm³/mol. The van der Waals surface area contributed by atoms with Gasteiger partial charge in [0.05, 0.1) is 0 Å². The molecule has 20 heavy (non-hydrogen) atoms. The van der Waals surface area contributed by atoms with E-state index in [9.17, 15) is 16.8 Å². The van der Waals surface area contributed by atoms with Crippen LogP contribution in [0.2, 0.25) is 0 Å². The highest BCUT2D eigenvalue weighted by Crippen LogP contribution is 2.18. The molecule has 2 saturated heterocycles. The maximum absolute atomic E-state index is 12.5. The number of hydrogen-bond acceptors (Lipinski definition) is 4. The molecule has 0 unspecified atom stereocenters. The fraction of sp³-hybridized carbons (Fsp3) is 1.00. The van der Waals surface area contributed by atoms with E-state index in [4.69, 9.17) is 5.14 Å². The molecule has 0 amide bonds. The second-order valence-electron chi connectivity index (χ2n) is 5.16. The summed E-state index contributed by atoms with van der Waals surface area (Å²) in [7, 11) is -7.20. The molecule has 10 heteroatoms. The first-order valence-electron chi connectivity index (χ1n) is 6.85. The van der Waals surface area contributed by atoms with E-state index in [-0.39, 0.29) is 26.2 Å². The molecule has 0 saturated carbocycles. The molecule has 0 aromatic carbocycles. The van der Waals surface area contributed by atoms with Crippen LogP contribution in [0, 0.1) is 0 Å². The third kappa shape index (κ3) is 3.68. The molecule has 0 atom stereocenters. The minimum atomic E-state index is -3.73. The van der Waals surface area contributed by atoms with E-state index >= 15 is 0 Å². The van der Waals surface area contributed by atoms with Gasteiger partial charge in [-0.05, 0) is 12.8 Å². The minimum Gasteiger partial charge on any atom is -0.216 e. The molecule has 2 N–H and O–H groups in total. The second-order valence-corrected chi connectivity index (χ2v) is 8.64. The van der Waals surface area contributed by atoms with Crippen LogP contribution in [-0.4, -0.2) is 69.0 Å². The Morgan fingerprint density at radius 1 is 0.600 bits per heavy atom. The van der Waals surface area contributed by atoms with E-state index in [2.05, 4.69) is 0 Å². The van der Waals surface area contributed by atoms with Gasteiger partial charge in [0.25, 0.3) is 20.4 Å². The lowest BCUT2D eigenvalue weighted by Crippen LogP contribution is -2.55. The highest BCUT2D eigenvalue weighted by Gasteiger charge is 2.34. The maximum atomic E-state index is 12.5. The van der Waals surface area contributed by atoms with Crippen molar-refractivity contribution in [2.24, 2.45) is 5.14 Å². The second kappa shape index (κ2) is 6.24. The monoisotopic (exact) mass is 326 g/mol. The van der Waals surface area contributed by atoms with Gasteiger partial charge >= 0.3 is 0 Å². The Morgan fingerprint density at radius 3 is 1.45 bits per heavy atom. The zero-order valence-electron chi connectivity index (χ0n) is 11.4. The predicted octanol–water partition coefficient (Wildman–Crippen LogP) is -1.07. The van der Waals surface area contributed by atoms with E-state index < -0.39 is 20.4 Å². The molecule has 8 nitrogen and oxygen atoms in total. The zero-order chi connectivity index (χ0) is 14.8. The van der Waals surface area contributed by atoms with Gasteiger partial charge in [-0.2, -0.15) is 29.8 Å². The largest absolute Gasteiger partial charge is 0.282 e. The molecule has 0 radical (unpaired) electrons. The van der Waals surface area contributed by atoms with Crippen molar-refractivity contribution in [2.75, 3.05) is 39.3 Å². The van der Waals surface area contributed by atoms with Crippen LogP contribution in [0.15, 0.2) is 0 Å². The Kier molecular flexibility index (Phi) is 5.03. The first-order chi connectivity index (χ1) is 9.32. The topological polar surface area (TPSA) is 104 Å². The SMILES string of the molecule is NS(=O)(=O)N1CCN(S(=O)(=O)N2CCCCCC2)CC1. The van der Waals surface area contributed by atoms with Gasteiger partial charge in [-0.3, -0.25) is 0 Å². The number of nitrogens with two attached hydrogens (primary N) is 1. The summed E-state index contributed by atoms with van der Waals surface area (Å²) in [6, 6.07) is 0. The molecular weight excluding hydrogens is 304 g/mol. The van der Waals surface area contributed by atoms with Gasteiger partial charge in [0, 0.05) is 39.3 Å². The van der Waals surface area contributed by atoms with Crippen LogP contribution in [0.1, 0.15) is 25.7 Å². The average Bonchev–Trinajstić information content (AvgIpc) is 2.67. The normalized spacial score (nSPS) is 25.4. The maximum Gasteiger partial charge on any atom is 0.282 e. The summed E-state index contributed by atoms with van der Waals surface area (Å²) >= 11 is 0. The molecule has 2 heterocycles. The summed E-state index contributed by atoms with van der Waals surface area (Å²) in [5.41, 5.74) is 0. The van der Waals surface area contributed by atoms with Gasteiger partial charge in [-0.15, -0.1) is 0 Å². The lowest BCUT2D eigenvalue weighted by molar-refractivity contribution is 0.254. The van der Waals surface area contributed by atoms with E-state index in [1.807, 2.05) is 0 Å². The first kappa shape index (κ1) is 16.1. The summed E-state index contributed by atoms with van der Waals surface area (Å²) in [6.45, 7) is 1.66. The third-order valence-corrected chi connectivity index (χ3v) is 6.90. The van der Waals surface area contributed by atoms with Gasteiger partial charge in [0.2, 0.25) is 0 Å². The molecular formula is C10H22N4O4S2. The molecule has 0 bridgehead atoms. The highest BCUT2D eigenvalue weighted by molar-refractivity contribution is 7.87. The van der Waals surface area contributed by atoms with Gasteiger partial charge in [0.1, 0.15) is 0 Å². The Morgan fingerprint density at radius 2 is 1.00 bits per heavy atom. The van der Waals surface area contributed by atoms with Crippen molar-refractivity contribution in [3.63, 3.8) is 0 Å². The van der Waals surface area contributed by atoms with Crippen molar-refractivity contribution in [3.05, 3.63) is 0 Å². The molecule has 118 valence electrons. The van der Waals surface area contributed by atoms with Gasteiger partial charge in [-0.1, -0.05) is 12.8 Å². The summed E-state index contributed by atoms with van der Waals surface area (Å²) in [5.74, 6) is 0. The summed E-state index contributed by atoms with van der Waals surface area (Å²) in [5, 5.41) is 5.05. The van der Waals surface area contributed by atoms with Gasteiger partial charge in [0.15, 0.2) is 0 Å². The van der Waals surface area contributed by atoms with E-state index in [1.54, 1.807) is 0 Å². The number of hydrogen-bond donors (Lipinski definition) is 1. The van der Waals surface area contributed by atoms with E-state index in [0.29, 0.717) is 13.1 Å². The van der Waals surface area contributed by atoms with Crippen LogP contribution in [-0.2, 0) is 20.4 Å². The first-order valence-corrected chi connectivity index (χ1v) is 9.75. The zero-order valence-corrected chi connectivity index (χ0v) is 13.1.